The van der Waals surface area contributed by atoms with Gasteiger partial charge in [-0.1, -0.05) is 32.3 Å². The van der Waals surface area contributed by atoms with Crippen LogP contribution in [0, 0.1) is 0 Å². The second-order valence-electron chi connectivity index (χ2n) is 6.44. The smallest absolute Gasteiger partial charge is 0.244 e. The van der Waals surface area contributed by atoms with Crippen molar-refractivity contribution in [3.63, 3.8) is 0 Å². The molecule has 1 aliphatic carbocycles. The van der Waals surface area contributed by atoms with E-state index in [2.05, 4.69) is 12.2 Å². The molecule has 1 aromatic carbocycles. The summed E-state index contributed by atoms with van der Waals surface area (Å²) < 4.78 is 0. The Bertz CT molecular complexity index is 567. The van der Waals surface area contributed by atoms with Crippen molar-refractivity contribution < 1.29 is 15.0 Å². The largest absolute Gasteiger partial charge is 0.504 e. The van der Waals surface area contributed by atoms with Gasteiger partial charge in [-0.05, 0) is 37.0 Å². The summed E-state index contributed by atoms with van der Waals surface area (Å²) in [5.41, 5.74) is 0.380. The van der Waals surface area contributed by atoms with Crippen LogP contribution in [0.25, 0.3) is 0 Å². The molecule has 1 saturated carbocycles. The van der Waals surface area contributed by atoms with E-state index in [9.17, 15) is 15.0 Å². The highest BCUT2D eigenvalue weighted by Crippen LogP contribution is 2.41. The molecular weight excluding hydrogens is 280 g/mol. The Kier molecular flexibility index (Phi) is 4.00. The number of nitrogens with zero attached hydrogens (tertiary/aromatic N) is 1. The molecule has 3 N–H and O–H groups in total. The zero-order chi connectivity index (χ0) is 15.7. The molecule has 2 fully saturated rings. The lowest BCUT2D eigenvalue weighted by atomic mass is 9.81. The van der Waals surface area contributed by atoms with Crippen molar-refractivity contribution >= 4 is 5.91 Å². The van der Waals surface area contributed by atoms with Crippen LogP contribution < -0.4 is 5.32 Å². The van der Waals surface area contributed by atoms with Crippen molar-refractivity contribution in [2.45, 2.75) is 57.2 Å². The van der Waals surface area contributed by atoms with Gasteiger partial charge in [-0.3, -0.25) is 10.1 Å². The molecule has 1 heterocycles. The third-order valence-electron chi connectivity index (χ3n) is 4.88. The highest BCUT2D eigenvalue weighted by atomic mass is 16.3. The first-order chi connectivity index (χ1) is 10.6. The highest BCUT2D eigenvalue weighted by molar-refractivity contribution is 5.89. The molecule has 1 saturated heterocycles. The molecule has 1 aliphatic heterocycles. The Morgan fingerprint density at radius 2 is 1.95 bits per heavy atom. The predicted octanol–water partition coefficient (Wildman–Crippen LogP) is 2.64. The highest BCUT2D eigenvalue weighted by Gasteiger charge is 2.51. The average molecular weight is 304 g/mol. The van der Waals surface area contributed by atoms with Gasteiger partial charge in [-0.15, -0.1) is 0 Å². The van der Waals surface area contributed by atoms with Crippen LogP contribution in [0.4, 0.5) is 0 Å². The number of hydrogen-bond acceptors (Lipinski definition) is 4. The van der Waals surface area contributed by atoms with Gasteiger partial charge in [0.15, 0.2) is 11.5 Å². The van der Waals surface area contributed by atoms with Crippen molar-refractivity contribution in [1.82, 2.24) is 10.2 Å². The van der Waals surface area contributed by atoms with Crippen LogP contribution in [0.1, 0.15) is 57.2 Å². The summed E-state index contributed by atoms with van der Waals surface area (Å²) in [6.45, 7) is 2.75. The molecule has 0 aromatic heterocycles. The van der Waals surface area contributed by atoms with Crippen LogP contribution in [0.2, 0.25) is 0 Å². The monoisotopic (exact) mass is 304 g/mol. The predicted molar refractivity (Wildman–Crippen MR) is 83.5 cm³/mol. The lowest BCUT2D eigenvalue weighted by Gasteiger charge is -2.31. The van der Waals surface area contributed by atoms with Crippen LogP contribution >= 0.6 is 0 Å². The minimum absolute atomic E-state index is 0.137. The number of hydrogen-bond donors (Lipinski definition) is 3. The molecule has 3 rings (SSSR count). The minimum Gasteiger partial charge on any atom is -0.504 e. The van der Waals surface area contributed by atoms with Crippen LogP contribution in [-0.2, 0) is 4.79 Å². The van der Waals surface area contributed by atoms with Gasteiger partial charge in [0.1, 0.15) is 6.17 Å². The first kappa shape index (κ1) is 15.2. The zero-order valence-electron chi connectivity index (χ0n) is 13.0. The van der Waals surface area contributed by atoms with Crippen LogP contribution in [-0.4, -0.2) is 33.1 Å². The van der Waals surface area contributed by atoms with E-state index in [4.69, 9.17) is 0 Å². The molecular formula is C17H24N2O3. The van der Waals surface area contributed by atoms with E-state index in [1.54, 1.807) is 12.1 Å². The molecule has 1 unspecified atom stereocenters. The van der Waals surface area contributed by atoms with Gasteiger partial charge in [-0.2, -0.15) is 0 Å². The normalized spacial score (nSPS) is 24.1. The number of benzene rings is 1. The fraction of sp³-hybridized carbons (Fsp3) is 0.588. The number of carbonyl (C=O) groups excluding carboxylic acids is 1. The molecule has 1 spiro atoms. The summed E-state index contributed by atoms with van der Waals surface area (Å²) >= 11 is 0. The summed E-state index contributed by atoms with van der Waals surface area (Å²) in [4.78, 5) is 14.8. The third kappa shape index (κ3) is 2.43. The number of phenols is 2. The molecule has 5 heteroatoms. The summed E-state index contributed by atoms with van der Waals surface area (Å²) in [6.07, 6.45) is 5.77. The van der Waals surface area contributed by atoms with E-state index in [0.29, 0.717) is 6.54 Å². The van der Waals surface area contributed by atoms with Crippen molar-refractivity contribution in [1.29, 1.82) is 0 Å². The van der Waals surface area contributed by atoms with Gasteiger partial charge in [0, 0.05) is 6.54 Å². The minimum atomic E-state index is -0.439. The summed E-state index contributed by atoms with van der Waals surface area (Å²) in [5, 5.41) is 22.8. The Morgan fingerprint density at radius 1 is 1.23 bits per heavy atom. The van der Waals surface area contributed by atoms with Gasteiger partial charge in [-0.25, -0.2) is 0 Å². The molecule has 5 nitrogen and oxygen atoms in total. The second-order valence-corrected chi connectivity index (χ2v) is 6.44. The Morgan fingerprint density at radius 3 is 2.59 bits per heavy atom. The number of phenolic OH excluding ortho intramolecular Hbond substituents is 2. The third-order valence-corrected chi connectivity index (χ3v) is 4.88. The lowest BCUT2D eigenvalue weighted by Crippen LogP contribution is -2.48. The number of aromatic hydroxyl groups is 2. The Hall–Kier alpha value is -1.75. The molecule has 0 bridgehead atoms. The SMILES string of the molecule is CCCN1C(=O)C2(CCCCC2)NC1c1ccc(O)c(O)c1. The van der Waals surface area contributed by atoms with E-state index in [1.165, 1.54) is 12.5 Å². The molecule has 2 aliphatic rings. The summed E-state index contributed by atoms with van der Waals surface area (Å²) in [5.74, 6) is -0.0955. The maximum absolute atomic E-state index is 13.0. The van der Waals surface area contributed by atoms with Crippen molar-refractivity contribution in [2.24, 2.45) is 0 Å². The van der Waals surface area contributed by atoms with E-state index >= 15 is 0 Å². The Labute approximate surface area is 130 Å². The van der Waals surface area contributed by atoms with Gasteiger partial charge in [0.2, 0.25) is 5.91 Å². The molecule has 1 amide bonds. The van der Waals surface area contributed by atoms with Gasteiger partial charge in [0.05, 0.1) is 5.54 Å². The van der Waals surface area contributed by atoms with E-state index in [-0.39, 0.29) is 23.6 Å². The molecule has 120 valence electrons. The van der Waals surface area contributed by atoms with Crippen LogP contribution in [0.3, 0.4) is 0 Å². The maximum Gasteiger partial charge on any atom is 0.244 e. The molecule has 22 heavy (non-hydrogen) atoms. The zero-order valence-corrected chi connectivity index (χ0v) is 13.0. The average Bonchev–Trinajstić information content (AvgIpc) is 2.77. The number of amides is 1. The van der Waals surface area contributed by atoms with Crippen molar-refractivity contribution in [3.8, 4) is 11.5 Å². The first-order valence-electron chi connectivity index (χ1n) is 8.18. The van der Waals surface area contributed by atoms with E-state index in [0.717, 1.165) is 37.7 Å². The summed E-state index contributed by atoms with van der Waals surface area (Å²) in [7, 11) is 0. The molecule has 0 radical (unpaired) electrons. The van der Waals surface area contributed by atoms with E-state index in [1.807, 2.05) is 4.90 Å². The van der Waals surface area contributed by atoms with Gasteiger partial charge in [0.25, 0.3) is 0 Å². The number of nitrogens with one attached hydrogen (secondary N) is 1. The van der Waals surface area contributed by atoms with Crippen molar-refractivity contribution in [3.05, 3.63) is 23.8 Å². The van der Waals surface area contributed by atoms with Crippen LogP contribution in [0.15, 0.2) is 18.2 Å². The Balaban J connectivity index is 1.94. The fourth-order valence-corrected chi connectivity index (χ4v) is 3.75. The molecule has 1 atom stereocenters. The second kappa shape index (κ2) is 5.80. The van der Waals surface area contributed by atoms with Crippen LogP contribution in [0.5, 0.6) is 11.5 Å². The quantitative estimate of drug-likeness (QED) is 0.751. The summed E-state index contributed by atoms with van der Waals surface area (Å²) in [6, 6.07) is 4.79. The number of rotatable bonds is 3. The van der Waals surface area contributed by atoms with Crippen molar-refractivity contribution in [2.75, 3.05) is 6.54 Å². The molecule has 1 aromatic rings. The van der Waals surface area contributed by atoms with Gasteiger partial charge >= 0.3 is 0 Å². The number of carbonyl (C=O) groups is 1. The standard InChI is InChI=1S/C17H24N2O3/c1-2-10-19-15(12-6-7-13(20)14(21)11-12)18-17(16(19)22)8-4-3-5-9-17/h6-7,11,15,18,20-21H,2-5,8-10H2,1H3. The first-order valence-corrected chi connectivity index (χ1v) is 8.18. The van der Waals surface area contributed by atoms with E-state index < -0.39 is 5.54 Å². The van der Waals surface area contributed by atoms with Gasteiger partial charge < -0.3 is 15.1 Å². The maximum atomic E-state index is 13.0. The fourth-order valence-electron chi connectivity index (χ4n) is 3.75. The lowest BCUT2D eigenvalue weighted by molar-refractivity contribution is -0.134. The topological polar surface area (TPSA) is 72.8 Å².